The fourth-order valence-electron chi connectivity index (χ4n) is 3.78. The molecule has 2 N–H and O–H groups in total. The van der Waals surface area contributed by atoms with E-state index < -0.39 is 0 Å². The fraction of sp³-hybridized carbons (Fsp3) is 1.00. The summed E-state index contributed by atoms with van der Waals surface area (Å²) >= 11 is 0. The second-order valence-corrected chi connectivity index (χ2v) is 8.13. The lowest BCUT2D eigenvalue weighted by Crippen LogP contribution is -2.84. The third-order valence-corrected chi connectivity index (χ3v) is 5.53. The van der Waals surface area contributed by atoms with Crippen molar-refractivity contribution in [3.8, 4) is 0 Å². The van der Waals surface area contributed by atoms with E-state index in [1.807, 2.05) is 0 Å². The van der Waals surface area contributed by atoms with E-state index in [1.54, 1.807) is 0 Å². The first-order valence-corrected chi connectivity index (χ1v) is 11.8. The molecule has 0 radical (unpaired) electrons. The van der Waals surface area contributed by atoms with Crippen molar-refractivity contribution in [3.63, 3.8) is 0 Å². The lowest BCUT2D eigenvalue weighted by molar-refractivity contribution is -0.629. The van der Waals surface area contributed by atoms with Crippen molar-refractivity contribution >= 4 is 0 Å². The molecule has 0 aromatic carbocycles. The summed E-state index contributed by atoms with van der Waals surface area (Å²) in [5.74, 6) is 0. The van der Waals surface area contributed by atoms with E-state index in [0.717, 1.165) is 19.3 Å². The quantitative estimate of drug-likeness (QED) is 0.171. The highest BCUT2D eigenvalue weighted by atomic mass is 16.5. The van der Waals surface area contributed by atoms with Gasteiger partial charge in [0.15, 0.2) is 0 Å². The van der Waals surface area contributed by atoms with E-state index in [0.29, 0.717) is 6.04 Å². The monoisotopic (exact) mass is 355 g/mol. The van der Waals surface area contributed by atoms with Gasteiger partial charge in [-0.3, -0.25) is 0 Å². The molecule has 0 saturated carbocycles. The molecule has 0 rings (SSSR count). The molecule has 0 bridgehead atoms. The first-order chi connectivity index (χ1) is 12.3. The van der Waals surface area contributed by atoms with E-state index in [-0.39, 0.29) is 0 Å². The zero-order valence-electron chi connectivity index (χ0n) is 17.7. The highest BCUT2D eigenvalue weighted by Crippen LogP contribution is 2.14. The van der Waals surface area contributed by atoms with Crippen LogP contribution in [0.2, 0.25) is 0 Å². The van der Waals surface area contributed by atoms with Crippen molar-refractivity contribution in [3.05, 3.63) is 5.21 Å². The highest BCUT2D eigenvalue weighted by molar-refractivity contribution is 4.55. The van der Waals surface area contributed by atoms with Crippen LogP contribution in [0.5, 0.6) is 0 Å². The number of nitrogens with two attached hydrogens (primary N) is 1. The first-order valence-electron chi connectivity index (χ1n) is 11.8. The molecule has 0 aliphatic carbocycles. The van der Waals surface area contributed by atoms with Crippen molar-refractivity contribution in [2.75, 3.05) is 0 Å². The molecule has 0 saturated heterocycles. The Morgan fingerprint density at radius 1 is 0.480 bits per heavy atom. The predicted octanol–water partition coefficient (Wildman–Crippen LogP) is 7.26. The number of hydrogen-bond acceptors (Lipinski definition) is 1. The molecule has 0 aliphatic heterocycles. The maximum Gasteiger partial charge on any atom is 0.0856 e. The van der Waals surface area contributed by atoms with Gasteiger partial charge in [0, 0.05) is 0 Å². The van der Waals surface area contributed by atoms with Crippen LogP contribution in [0.3, 0.4) is 0 Å². The Labute approximate surface area is 159 Å². The Kier molecular flexibility index (Phi) is 21.9. The van der Waals surface area contributed by atoms with Gasteiger partial charge < -0.3 is 10.7 Å². The van der Waals surface area contributed by atoms with Crippen molar-refractivity contribution in [1.29, 1.82) is 0 Å². The molecule has 0 aromatic heterocycles. The molecule has 2 nitrogen and oxygen atoms in total. The molecular formula is C23H49NO. The van der Waals surface area contributed by atoms with Gasteiger partial charge >= 0.3 is 0 Å². The lowest BCUT2D eigenvalue weighted by Gasteiger charge is -2.16. The van der Waals surface area contributed by atoms with Crippen molar-refractivity contribution in [2.24, 2.45) is 0 Å². The Morgan fingerprint density at radius 2 is 0.840 bits per heavy atom. The van der Waals surface area contributed by atoms with Gasteiger partial charge in [-0.2, -0.15) is 0 Å². The van der Waals surface area contributed by atoms with Crippen LogP contribution >= 0.6 is 0 Å². The smallest absolute Gasteiger partial charge is 0.0856 e. The Balaban J connectivity index is 3.07. The van der Waals surface area contributed by atoms with Crippen LogP contribution in [0.1, 0.15) is 142 Å². The van der Waals surface area contributed by atoms with Crippen LogP contribution in [-0.2, 0) is 0 Å². The van der Waals surface area contributed by atoms with Gasteiger partial charge in [0.05, 0.1) is 6.04 Å². The zero-order valence-corrected chi connectivity index (χ0v) is 17.7. The Hall–Kier alpha value is -0.0800. The lowest BCUT2D eigenvalue weighted by atomic mass is 10.0. The molecule has 0 amide bonds. The van der Waals surface area contributed by atoms with Crippen molar-refractivity contribution in [2.45, 2.75) is 148 Å². The number of quaternary nitrogens is 1. The summed E-state index contributed by atoms with van der Waals surface area (Å²) in [5.41, 5.74) is 1.18. The number of hydroxylamine groups is 1. The SMILES string of the molecule is CCCCCCCCCCCCCCCCCCCC(CCC)[NH2+][O-]. The number of hydrogen-bond donors (Lipinski definition) is 1. The van der Waals surface area contributed by atoms with Crippen LogP contribution in [0, 0.1) is 5.21 Å². The Morgan fingerprint density at radius 3 is 1.16 bits per heavy atom. The number of rotatable bonds is 21. The zero-order chi connectivity index (χ0) is 18.4. The molecule has 0 aromatic rings. The van der Waals surface area contributed by atoms with E-state index >= 15 is 0 Å². The van der Waals surface area contributed by atoms with Gasteiger partial charge in [0.25, 0.3) is 0 Å². The maximum atomic E-state index is 10.9. The van der Waals surface area contributed by atoms with Gasteiger partial charge in [-0.1, -0.05) is 123 Å². The second kappa shape index (κ2) is 22.0. The molecule has 0 aliphatic rings. The van der Waals surface area contributed by atoms with Crippen molar-refractivity contribution < 1.29 is 5.48 Å². The average Bonchev–Trinajstić information content (AvgIpc) is 2.63. The van der Waals surface area contributed by atoms with Crippen LogP contribution in [0.15, 0.2) is 0 Å². The molecule has 1 atom stereocenters. The van der Waals surface area contributed by atoms with Gasteiger partial charge in [-0.15, -0.1) is 0 Å². The van der Waals surface area contributed by atoms with Gasteiger partial charge in [-0.25, -0.2) is 0 Å². The molecule has 0 heterocycles. The normalized spacial score (nSPS) is 12.6. The summed E-state index contributed by atoms with van der Waals surface area (Å²) < 4.78 is 0. The predicted molar refractivity (Wildman–Crippen MR) is 113 cm³/mol. The molecular weight excluding hydrogens is 306 g/mol. The minimum absolute atomic E-state index is 0.335. The Bertz CT molecular complexity index is 232. The highest BCUT2D eigenvalue weighted by Gasteiger charge is 2.05. The molecule has 0 fully saturated rings. The largest absolute Gasteiger partial charge is 0.636 e. The second-order valence-electron chi connectivity index (χ2n) is 8.13. The summed E-state index contributed by atoms with van der Waals surface area (Å²) in [6.07, 6.45) is 27.5. The van der Waals surface area contributed by atoms with Crippen LogP contribution in [0.4, 0.5) is 0 Å². The first kappa shape index (κ1) is 24.9. The number of unbranched alkanes of at least 4 members (excludes halogenated alkanes) is 16. The summed E-state index contributed by atoms with van der Waals surface area (Å²) in [6, 6.07) is 0.335. The maximum absolute atomic E-state index is 10.9. The fourth-order valence-corrected chi connectivity index (χ4v) is 3.78. The average molecular weight is 356 g/mol. The van der Waals surface area contributed by atoms with E-state index in [1.165, 1.54) is 115 Å². The molecule has 25 heavy (non-hydrogen) atoms. The van der Waals surface area contributed by atoms with Gasteiger partial charge in [0.1, 0.15) is 0 Å². The summed E-state index contributed by atoms with van der Waals surface area (Å²) in [7, 11) is 0. The minimum atomic E-state index is 0.335. The molecule has 1 unspecified atom stereocenters. The van der Waals surface area contributed by atoms with Crippen LogP contribution in [0.25, 0.3) is 0 Å². The summed E-state index contributed by atoms with van der Waals surface area (Å²) in [4.78, 5) is 0. The van der Waals surface area contributed by atoms with E-state index in [4.69, 9.17) is 0 Å². The van der Waals surface area contributed by atoms with Crippen molar-refractivity contribution in [1.82, 2.24) is 0 Å². The summed E-state index contributed by atoms with van der Waals surface area (Å²) in [5, 5.41) is 10.9. The molecule has 152 valence electrons. The molecule has 2 heteroatoms. The topological polar surface area (TPSA) is 39.7 Å². The van der Waals surface area contributed by atoms with Crippen LogP contribution in [-0.4, -0.2) is 6.04 Å². The van der Waals surface area contributed by atoms with Gasteiger partial charge in [0.2, 0.25) is 0 Å². The molecule has 0 spiro atoms. The van der Waals surface area contributed by atoms with E-state index in [9.17, 15) is 5.21 Å². The summed E-state index contributed by atoms with van der Waals surface area (Å²) in [6.45, 7) is 4.46. The minimum Gasteiger partial charge on any atom is -0.636 e. The third kappa shape index (κ3) is 20.1. The van der Waals surface area contributed by atoms with Gasteiger partial charge in [-0.05, 0) is 19.3 Å². The van der Waals surface area contributed by atoms with E-state index in [2.05, 4.69) is 13.8 Å². The third-order valence-electron chi connectivity index (χ3n) is 5.53. The van der Waals surface area contributed by atoms with Crippen LogP contribution < -0.4 is 5.48 Å². The standard InChI is InChI=1S/C23H49NO/c1-3-5-6-7-8-9-10-11-12-13-14-15-16-17-18-19-20-22-23(24-25)21-4-2/h23H,3-22,24H2,1-2H3.